The first-order valence-electron chi connectivity index (χ1n) is 16.1. The molecule has 0 unspecified atom stereocenters. The Bertz CT molecular complexity index is 2090. The van der Waals surface area contributed by atoms with Crippen molar-refractivity contribution in [3.8, 4) is 33.9 Å². The first-order chi connectivity index (χ1) is 23.1. The summed E-state index contributed by atoms with van der Waals surface area (Å²) in [6.45, 7) is 4.92. The fraction of sp³-hybridized carbons (Fsp3) is 0.0714. The molecule has 0 amide bonds. The number of rotatable bonds is 6. The van der Waals surface area contributed by atoms with Crippen molar-refractivity contribution >= 4 is 35.5 Å². The SMILES string of the molecule is C[Si]1(C)c2ccccc2N(c2ccc(-c3ccccc3)cc2Cc2nc(-c3ccccc3)nc(-c3ccccc3)n2)c2ccccc21. The predicted octanol–water partition coefficient (Wildman–Crippen LogP) is 9.07. The average Bonchev–Trinajstić information content (AvgIpc) is 3.13. The standard InChI is InChI=1S/C42H34N4Si/c1-47(2)38-24-14-12-22-36(38)46(37-23-13-15-25-39(37)47)35-27-26-33(30-16-6-3-7-17-30)28-34(35)29-40-43-41(31-18-8-4-9-19-31)45-42(44-40)32-20-10-5-11-21-32/h3-28H,29H2,1-2H3. The van der Waals surface area contributed by atoms with E-state index in [9.17, 15) is 0 Å². The molecule has 0 saturated heterocycles. The Labute approximate surface area is 277 Å². The fourth-order valence-electron chi connectivity index (χ4n) is 6.79. The largest absolute Gasteiger partial charge is 0.310 e. The summed E-state index contributed by atoms with van der Waals surface area (Å²) in [6, 6.07) is 55.7. The lowest BCUT2D eigenvalue weighted by Crippen LogP contribution is -2.58. The Hall–Kier alpha value is -5.65. The highest BCUT2D eigenvalue weighted by atomic mass is 28.3. The molecule has 5 heteroatoms. The van der Waals surface area contributed by atoms with Gasteiger partial charge in [0.1, 0.15) is 13.9 Å². The van der Waals surface area contributed by atoms with Gasteiger partial charge >= 0.3 is 0 Å². The van der Waals surface area contributed by atoms with Crippen LogP contribution < -0.4 is 15.3 Å². The maximum absolute atomic E-state index is 5.09. The summed E-state index contributed by atoms with van der Waals surface area (Å²) in [7, 11) is -1.93. The summed E-state index contributed by atoms with van der Waals surface area (Å²) >= 11 is 0. The maximum Gasteiger partial charge on any atom is 0.163 e. The number of benzene rings is 6. The third kappa shape index (κ3) is 5.35. The number of hydrogen-bond acceptors (Lipinski definition) is 4. The second-order valence-electron chi connectivity index (χ2n) is 12.5. The van der Waals surface area contributed by atoms with E-state index in [4.69, 9.17) is 15.0 Å². The lowest BCUT2D eigenvalue weighted by Gasteiger charge is -2.41. The number of aromatic nitrogens is 3. The monoisotopic (exact) mass is 622 g/mol. The van der Waals surface area contributed by atoms with Crippen molar-refractivity contribution < 1.29 is 0 Å². The second-order valence-corrected chi connectivity index (χ2v) is 16.8. The van der Waals surface area contributed by atoms with Crippen molar-refractivity contribution in [1.82, 2.24) is 15.0 Å². The number of anilines is 3. The molecule has 47 heavy (non-hydrogen) atoms. The highest BCUT2D eigenvalue weighted by Gasteiger charge is 2.38. The molecule has 0 radical (unpaired) electrons. The molecule has 1 aromatic heterocycles. The van der Waals surface area contributed by atoms with Crippen LogP contribution in [-0.2, 0) is 6.42 Å². The summed E-state index contributed by atoms with van der Waals surface area (Å²) in [6.07, 6.45) is 0.542. The molecular formula is C42H34N4Si. The average molecular weight is 623 g/mol. The molecule has 1 aliphatic heterocycles. The van der Waals surface area contributed by atoms with E-state index in [1.807, 2.05) is 36.4 Å². The maximum atomic E-state index is 5.09. The molecule has 1 aliphatic rings. The molecule has 6 aromatic carbocycles. The van der Waals surface area contributed by atoms with Crippen LogP contribution in [0.3, 0.4) is 0 Å². The Balaban J connectivity index is 1.34. The van der Waals surface area contributed by atoms with Crippen LogP contribution in [0.2, 0.25) is 13.1 Å². The van der Waals surface area contributed by atoms with E-state index >= 15 is 0 Å². The lowest BCUT2D eigenvalue weighted by atomic mass is 9.98. The molecule has 0 N–H and O–H groups in total. The number of hydrogen-bond donors (Lipinski definition) is 0. The summed E-state index contributed by atoms with van der Waals surface area (Å²) in [4.78, 5) is 17.6. The van der Waals surface area contributed by atoms with Crippen molar-refractivity contribution in [2.75, 3.05) is 4.90 Å². The van der Waals surface area contributed by atoms with Crippen LogP contribution in [0.1, 0.15) is 11.4 Å². The number of nitrogens with zero attached hydrogens (tertiary/aromatic N) is 4. The Morgan fingerprint density at radius 2 is 0.915 bits per heavy atom. The van der Waals surface area contributed by atoms with Gasteiger partial charge in [0.05, 0.1) is 0 Å². The smallest absolute Gasteiger partial charge is 0.163 e. The van der Waals surface area contributed by atoms with Gasteiger partial charge in [-0.3, -0.25) is 0 Å². The molecule has 0 bridgehead atoms. The van der Waals surface area contributed by atoms with E-state index in [1.54, 1.807) is 0 Å². The first-order valence-corrected chi connectivity index (χ1v) is 19.1. The van der Waals surface area contributed by atoms with E-state index in [2.05, 4.69) is 139 Å². The van der Waals surface area contributed by atoms with Gasteiger partial charge in [0.15, 0.2) is 11.6 Å². The molecule has 0 spiro atoms. The second kappa shape index (κ2) is 11.9. The van der Waals surface area contributed by atoms with Crippen LogP contribution >= 0.6 is 0 Å². The quantitative estimate of drug-likeness (QED) is 0.174. The molecule has 4 nitrogen and oxygen atoms in total. The number of fused-ring (bicyclic) bond motifs is 2. The van der Waals surface area contributed by atoms with E-state index < -0.39 is 8.07 Å². The summed E-state index contributed by atoms with van der Waals surface area (Å²) < 4.78 is 0. The normalized spacial score (nSPS) is 13.1. The van der Waals surface area contributed by atoms with Gasteiger partial charge in [0, 0.05) is 34.6 Å². The first kappa shape index (κ1) is 28.8. The fourth-order valence-corrected chi connectivity index (χ4v) is 9.77. The van der Waals surface area contributed by atoms with E-state index in [0.717, 1.165) is 28.2 Å². The van der Waals surface area contributed by atoms with Crippen molar-refractivity contribution in [1.29, 1.82) is 0 Å². The zero-order chi connectivity index (χ0) is 31.8. The molecule has 7 aromatic rings. The third-order valence-electron chi connectivity index (χ3n) is 9.16. The minimum absolute atomic E-state index is 0.542. The predicted molar refractivity (Wildman–Crippen MR) is 197 cm³/mol. The summed E-state index contributed by atoms with van der Waals surface area (Å²) in [5.74, 6) is 2.09. The van der Waals surface area contributed by atoms with Gasteiger partial charge < -0.3 is 4.90 Å². The zero-order valence-electron chi connectivity index (χ0n) is 26.5. The van der Waals surface area contributed by atoms with E-state index in [-0.39, 0.29) is 0 Å². The van der Waals surface area contributed by atoms with Crippen molar-refractivity contribution in [3.63, 3.8) is 0 Å². The molecule has 226 valence electrons. The Morgan fingerprint density at radius 3 is 1.45 bits per heavy atom. The van der Waals surface area contributed by atoms with E-state index in [1.165, 1.54) is 32.9 Å². The lowest BCUT2D eigenvalue weighted by molar-refractivity contribution is 0.931. The zero-order valence-corrected chi connectivity index (χ0v) is 27.5. The van der Waals surface area contributed by atoms with Gasteiger partial charge in [0.2, 0.25) is 0 Å². The molecule has 8 rings (SSSR count). The van der Waals surface area contributed by atoms with Crippen LogP contribution in [0.25, 0.3) is 33.9 Å². The van der Waals surface area contributed by atoms with E-state index in [0.29, 0.717) is 18.1 Å². The Kier molecular flexibility index (Phi) is 7.31. The van der Waals surface area contributed by atoms with Gasteiger partial charge in [-0.2, -0.15) is 0 Å². The molecule has 2 heterocycles. The van der Waals surface area contributed by atoms with Gasteiger partial charge in [0.25, 0.3) is 0 Å². The van der Waals surface area contributed by atoms with Gasteiger partial charge in [-0.25, -0.2) is 15.0 Å². The summed E-state index contributed by atoms with van der Waals surface area (Å²) in [5.41, 5.74) is 9.08. The van der Waals surface area contributed by atoms with Crippen LogP contribution in [0.15, 0.2) is 158 Å². The highest BCUT2D eigenvalue weighted by molar-refractivity contribution is 7.02. The molecular weight excluding hydrogens is 589 g/mol. The minimum Gasteiger partial charge on any atom is -0.310 e. The van der Waals surface area contributed by atoms with Crippen LogP contribution in [0, 0.1) is 0 Å². The van der Waals surface area contributed by atoms with Gasteiger partial charge in [-0.05, 0) is 51.3 Å². The van der Waals surface area contributed by atoms with Crippen molar-refractivity contribution in [3.05, 3.63) is 169 Å². The van der Waals surface area contributed by atoms with Crippen LogP contribution in [0.4, 0.5) is 17.1 Å². The van der Waals surface area contributed by atoms with Gasteiger partial charge in [-0.15, -0.1) is 0 Å². The minimum atomic E-state index is -1.93. The van der Waals surface area contributed by atoms with Gasteiger partial charge in [-0.1, -0.05) is 147 Å². The number of para-hydroxylation sites is 2. The highest BCUT2D eigenvalue weighted by Crippen LogP contribution is 2.41. The van der Waals surface area contributed by atoms with Crippen molar-refractivity contribution in [2.45, 2.75) is 19.5 Å². The molecule has 0 atom stereocenters. The topological polar surface area (TPSA) is 41.9 Å². The van der Waals surface area contributed by atoms with Crippen LogP contribution in [-0.4, -0.2) is 23.0 Å². The van der Waals surface area contributed by atoms with Crippen LogP contribution in [0.5, 0.6) is 0 Å². The molecule has 0 fully saturated rings. The molecule has 0 aliphatic carbocycles. The molecule has 0 saturated carbocycles. The summed E-state index contributed by atoms with van der Waals surface area (Å²) in [5, 5.41) is 2.88. The Morgan fingerprint density at radius 1 is 0.447 bits per heavy atom. The third-order valence-corrected chi connectivity index (χ3v) is 12.7. The van der Waals surface area contributed by atoms with Crippen molar-refractivity contribution in [2.24, 2.45) is 0 Å².